The summed E-state index contributed by atoms with van der Waals surface area (Å²) in [6.07, 6.45) is 4.12. The van der Waals surface area contributed by atoms with E-state index in [1.807, 2.05) is 26.2 Å². The number of benzene rings is 1. The topological polar surface area (TPSA) is 56.7 Å². The van der Waals surface area contributed by atoms with Gasteiger partial charge in [0.1, 0.15) is 0 Å². The first-order chi connectivity index (χ1) is 11.5. The number of aliphatic imine (C=N–C) groups is 1. The van der Waals surface area contributed by atoms with E-state index in [-0.39, 0.29) is 35.3 Å². The van der Waals surface area contributed by atoms with Crippen LogP contribution in [0.4, 0.5) is 0 Å². The van der Waals surface area contributed by atoms with Gasteiger partial charge < -0.3 is 15.5 Å². The number of hydrogen-bond donors (Lipinski definition) is 2. The molecule has 0 bridgehead atoms. The molecule has 1 amide bonds. The lowest BCUT2D eigenvalue weighted by Gasteiger charge is -2.31. The van der Waals surface area contributed by atoms with Gasteiger partial charge in [-0.05, 0) is 30.5 Å². The number of amides is 1. The van der Waals surface area contributed by atoms with Crippen LogP contribution in [0.1, 0.15) is 31.2 Å². The average Bonchev–Trinajstić information content (AvgIpc) is 3.04. The van der Waals surface area contributed by atoms with Gasteiger partial charge in [0.15, 0.2) is 5.96 Å². The van der Waals surface area contributed by atoms with E-state index >= 15 is 0 Å². The number of hydrogen-bond acceptors (Lipinski definition) is 2. The van der Waals surface area contributed by atoms with E-state index in [9.17, 15) is 4.79 Å². The normalized spacial score (nSPS) is 16.1. The number of nitrogens with one attached hydrogen (secondary N) is 2. The minimum Gasteiger partial charge on any atom is -0.355 e. The Bertz CT molecular complexity index is 600. The van der Waals surface area contributed by atoms with Crippen molar-refractivity contribution < 1.29 is 4.79 Å². The Morgan fingerprint density at radius 1 is 1.28 bits per heavy atom. The maximum atomic E-state index is 12.6. The highest BCUT2D eigenvalue weighted by atomic mass is 127. The lowest BCUT2D eigenvalue weighted by Crippen LogP contribution is -2.49. The summed E-state index contributed by atoms with van der Waals surface area (Å²) in [6.45, 7) is 1.32. The van der Waals surface area contributed by atoms with Crippen LogP contribution in [0, 0.1) is 5.41 Å². The summed E-state index contributed by atoms with van der Waals surface area (Å²) in [5.41, 5.74) is 0.879. The molecule has 5 nitrogen and oxygen atoms in total. The molecule has 140 valence electrons. The molecule has 0 aliphatic heterocycles. The van der Waals surface area contributed by atoms with E-state index in [0.29, 0.717) is 13.1 Å². The van der Waals surface area contributed by atoms with Crippen LogP contribution in [0.2, 0.25) is 0 Å². The second-order valence-electron chi connectivity index (χ2n) is 6.60. The molecule has 1 aromatic carbocycles. The molecule has 25 heavy (non-hydrogen) atoms. The van der Waals surface area contributed by atoms with Gasteiger partial charge >= 0.3 is 0 Å². The van der Waals surface area contributed by atoms with E-state index in [1.54, 1.807) is 11.9 Å². The lowest BCUT2D eigenvalue weighted by atomic mass is 9.84. The number of carbonyl (C=O) groups is 1. The Balaban J connectivity index is 0.00000312. The number of halogens is 2. The van der Waals surface area contributed by atoms with Gasteiger partial charge in [0.25, 0.3) is 0 Å². The first-order valence-electron chi connectivity index (χ1n) is 8.37. The Hall–Kier alpha value is -0.830. The quantitative estimate of drug-likeness (QED) is 0.354. The highest BCUT2D eigenvalue weighted by Gasteiger charge is 2.42. The minimum atomic E-state index is -0.295. The van der Waals surface area contributed by atoms with Crippen LogP contribution in [-0.4, -0.2) is 44.5 Å². The fourth-order valence-corrected chi connectivity index (χ4v) is 3.75. The Kier molecular flexibility index (Phi) is 9.20. The predicted octanol–water partition coefficient (Wildman–Crippen LogP) is 3.38. The van der Waals surface area contributed by atoms with E-state index in [1.165, 1.54) is 5.56 Å². The van der Waals surface area contributed by atoms with Crippen LogP contribution < -0.4 is 10.6 Å². The molecule has 0 spiro atoms. The van der Waals surface area contributed by atoms with Crippen molar-refractivity contribution in [1.29, 1.82) is 0 Å². The van der Waals surface area contributed by atoms with Crippen LogP contribution in [0.15, 0.2) is 33.7 Å². The monoisotopic (exact) mass is 522 g/mol. The SMILES string of the molecule is CN=C(NCc1cccc(Br)c1)NCC1(C(=O)N(C)C)CCCC1.I. The summed E-state index contributed by atoms with van der Waals surface area (Å²) in [4.78, 5) is 18.6. The van der Waals surface area contributed by atoms with Crippen molar-refractivity contribution in [2.24, 2.45) is 10.4 Å². The molecule has 0 radical (unpaired) electrons. The number of carbonyl (C=O) groups excluding carboxylic acids is 1. The minimum absolute atomic E-state index is 0. The highest BCUT2D eigenvalue weighted by molar-refractivity contribution is 14.0. The van der Waals surface area contributed by atoms with Crippen molar-refractivity contribution in [1.82, 2.24) is 15.5 Å². The van der Waals surface area contributed by atoms with Crippen molar-refractivity contribution in [2.45, 2.75) is 32.2 Å². The largest absolute Gasteiger partial charge is 0.355 e. The van der Waals surface area contributed by atoms with Crippen molar-refractivity contribution in [3.8, 4) is 0 Å². The summed E-state index contributed by atoms with van der Waals surface area (Å²) < 4.78 is 1.06. The fourth-order valence-electron chi connectivity index (χ4n) is 3.30. The van der Waals surface area contributed by atoms with E-state index in [0.717, 1.165) is 36.1 Å². The van der Waals surface area contributed by atoms with Crippen LogP contribution >= 0.6 is 39.9 Å². The first kappa shape index (κ1) is 22.2. The Morgan fingerprint density at radius 3 is 2.52 bits per heavy atom. The fraction of sp³-hybridized carbons (Fsp3) is 0.556. The van der Waals surface area contributed by atoms with Gasteiger partial charge in [-0.15, -0.1) is 24.0 Å². The zero-order valence-corrected chi connectivity index (χ0v) is 19.1. The van der Waals surface area contributed by atoms with Gasteiger partial charge in [-0.25, -0.2) is 0 Å². The second kappa shape index (κ2) is 10.4. The van der Waals surface area contributed by atoms with Gasteiger partial charge in [-0.2, -0.15) is 0 Å². The van der Waals surface area contributed by atoms with E-state index in [4.69, 9.17) is 0 Å². The molecule has 0 unspecified atom stereocenters. The van der Waals surface area contributed by atoms with E-state index in [2.05, 4.69) is 43.7 Å². The second-order valence-corrected chi connectivity index (χ2v) is 7.51. The smallest absolute Gasteiger partial charge is 0.230 e. The molecular formula is C18H28BrIN4O. The highest BCUT2D eigenvalue weighted by Crippen LogP contribution is 2.38. The van der Waals surface area contributed by atoms with Gasteiger partial charge in [-0.1, -0.05) is 40.9 Å². The van der Waals surface area contributed by atoms with Crippen molar-refractivity contribution in [2.75, 3.05) is 27.7 Å². The third-order valence-corrected chi connectivity index (χ3v) is 5.08. The molecule has 1 aliphatic carbocycles. The van der Waals surface area contributed by atoms with Crippen LogP contribution in [0.3, 0.4) is 0 Å². The summed E-state index contributed by atoms with van der Waals surface area (Å²) in [7, 11) is 5.43. The van der Waals surface area contributed by atoms with Crippen LogP contribution in [0.5, 0.6) is 0 Å². The molecular weight excluding hydrogens is 495 g/mol. The van der Waals surface area contributed by atoms with Crippen LogP contribution in [0.25, 0.3) is 0 Å². The molecule has 7 heteroatoms. The zero-order chi connectivity index (χ0) is 17.6. The summed E-state index contributed by atoms with van der Waals surface area (Å²) in [5.74, 6) is 0.947. The van der Waals surface area contributed by atoms with Gasteiger partial charge in [0.2, 0.25) is 5.91 Å². The maximum absolute atomic E-state index is 12.6. The van der Waals surface area contributed by atoms with Crippen LogP contribution in [-0.2, 0) is 11.3 Å². The standard InChI is InChI=1S/C18H27BrN4O.HI/c1-20-17(21-12-14-7-6-8-15(19)11-14)22-13-18(9-4-5-10-18)16(24)23(2)3;/h6-8,11H,4-5,9-10,12-13H2,1-3H3,(H2,20,21,22);1H. The van der Waals surface area contributed by atoms with Crippen molar-refractivity contribution in [3.05, 3.63) is 34.3 Å². The number of guanidine groups is 1. The molecule has 1 aromatic rings. The average molecular weight is 523 g/mol. The molecule has 1 aliphatic rings. The Labute approximate surface area is 176 Å². The van der Waals surface area contributed by atoms with E-state index < -0.39 is 0 Å². The molecule has 2 N–H and O–H groups in total. The molecule has 1 fully saturated rings. The van der Waals surface area contributed by atoms with Crippen molar-refractivity contribution in [3.63, 3.8) is 0 Å². The third kappa shape index (κ3) is 6.13. The number of rotatable bonds is 5. The van der Waals surface area contributed by atoms with Gasteiger partial charge in [0.05, 0.1) is 5.41 Å². The summed E-state index contributed by atoms with van der Waals surface area (Å²) in [5, 5.41) is 6.67. The number of nitrogens with zero attached hydrogens (tertiary/aromatic N) is 2. The maximum Gasteiger partial charge on any atom is 0.230 e. The van der Waals surface area contributed by atoms with Gasteiger partial charge in [-0.3, -0.25) is 9.79 Å². The summed E-state index contributed by atoms with van der Waals surface area (Å²) >= 11 is 3.48. The summed E-state index contributed by atoms with van der Waals surface area (Å²) in [6, 6.07) is 8.17. The first-order valence-corrected chi connectivity index (χ1v) is 9.17. The zero-order valence-electron chi connectivity index (χ0n) is 15.1. The lowest BCUT2D eigenvalue weighted by molar-refractivity contribution is -0.138. The van der Waals surface area contributed by atoms with Gasteiger partial charge in [0, 0.05) is 38.7 Å². The Morgan fingerprint density at radius 2 is 1.96 bits per heavy atom. The van der Waals surface area contributed by atoms with Crippen molar-refractivity contribution >= 4 is 51.8 Å². The molecule has 0 atom stereocenters. The molecule has 0 aromatic heterocycles. The molecule has 0 heterocycles. The molecule has 2 rings (SSSR count). The predicted molar refractivity (Wildman–Crippen MR) is 117 cm³/mol. The third-order valence-electron chi connectivity index (χ3n) is 4.59. The molecule has 0 saturated heterocycles. The molecule has 1 saturated carbocycles.